The number of halogens is 1. The SMILES string of the molecule is CCOC(=O)c1ccc(SC[C@H]2O[C@@H](c3ccc(Cl)c(Cc4ccc(OCC)cc4)c3)[C@H](O)[C@@H](O)[C@@H]2O)cc1. The van der Waals surface area contributed by atoms with E-state index >= 15 is 0 Å². The number of rotatable bonds is 10. The maximum atomic E-state index is 11.9. The highest BCUT2D eigenvalue weighted by molar-refractivity contribution is 7.99. The van der Waals surface area contributed by atoms with Gasteiger partial charge in [0, 0.05) is 15.7 Å². The molecule has 39 heavy (non-hydrogen) atoms. The summed E-state index contributed by atoms with van der Waals surface area (Å²) in [7, 11) is 0. The standard InChI is InChI=1S/C30H33ClO7S/c1-3-36-22-10-5-18(6-11-22)15-21-16-20(9-14-24(21)31)29-28(34)27(33)26(32)25(38-29)17-39-23-12-7-19(8-13-23)30(35)37-4-2/h5-14,16,25-29,32-34H,3-4,15,17H2,1-2H3/t25-,26-,27+,28-,29+/m1/s1. The van der Waals surface area contributed by atoms with Gasteiger partial charge in [-0.25, -0.2) is 4.79 Å². The Kier molecular flexibility index (Phi) is 10.3. The number of aliphatic hydroxyl groups is 3. The van der Waals surface area contributed by atoms with Crippen molar-refractivity contribution in [2.24, 2.45) is 0 Å². The van der Waals surface area contributed by atoms with E-state index in [1.165, 1.54) is 11.8 Å². The van der Waals surface area contributed by atoms with E-state index in [2.05, 4.69) is 0 Å². The van der Waals surface area contributed by atoms with E-state index in [0.717, 1.165) is 21.8 Å². The third kappa shape index (κ3) is 7.33. The van der Waals surface area contributed by atoms with Crippen molar-refractivity contribution in [2.45, 2.75) is 55.7 Å². The second-order valence-corrected chi connectivity index (χ2v) is 10.7. The fourth-order valence-corrected chi connectivity index (χ4v) is 5.59. The van der Waals surface area contributed by atoms with Crippen LogP contribution in [0.4, 0.5) is 0 Å². The monoisotopic (exact) mass is 572 g/mol. The molecule has 3 N–H and O–H groups in total. The molecule has 1 aliphatic heterocycles. The summed E-state index contributed by atoms with van der Waals surface area (Å²) in [4.78, 5) is 12.7. The molecule has 1 aliphatic rings. The largest absolute Gasteiger partial charge is 0.494 e. The third-order valence-corrected chi connectivity index (χ3v) is 7.99. The molecule has 3 aromatic rings. The number of thioether (sulfide) groups is 1. The highest BCUT2D eigenvalue weighted by Crippen LogP contribution is 2.36. The lowest BCUT2D eigenvalue weighted by Crippen LogP contribution is -2.54. The van der Waals surface area contributed by atoms with Gasteiger partial charge in [0.05, 0.1) is 24.9 Å². The quantitative estimate of drug-likeness (QED) is 0.235. The molecule has 0 spiro atoms. The number of carbonyl (C=O) groups is 1. The summed E-state index contributed by atoms with van der Waals surface area (Å²) in [5, 5.41) is 32.7. The highest BCUT2D eigenvalue weighted by atomic mass is 35.5. The number of carbonyl (C=O) groups excluding carboxylic acids is 1. The molecule has 0 amide bonds. The summed E-state index contributed by atoms with van der Waals surface area (Å²) in [5.41, 5.74) is 3.01. The first-order valence-electron chi connectivity index (χ1n) is 12.9. The fourth-order valence-electron chi connectivity index (χ4n) is 4.44. The van der Waals surface area contributed by atoms with Crippen molar-refractivity contribution in [3.05, 3.63) is 94.0 Å². The van der Waals surface area contributed by atoms with Crippen LogP contribution in [-0.2, 0) is 15.9 Å². The topological polar surface area (TPSA) is 105 Å². The summed E-state index contributed by atoms with van der Waals surface area (Å²) >= 11 is 7.91. The van der Waals surface area contributed by atoms with Crippen molar-refractivity contribution in [3.8, 4) is 5.75 Å². The zero-order valence-electron chi connectivity index (χ0n) is 21.8. The van der Waals surface area contributed by atoms with Gasteiger partial charge < -0.3 is 29.5 Å². The van der Waals surface area contributed by atoms with Crippen LogP contribution >= 0.6 is 23.4 Å². The van der Waals surface area contributed by atoms with Crippen LogP contribution in [0.5, 0.6) is 5.75 Å². The maximum absolute atomic E-state index is 11.9. The van der Waals surface area contributed by atoms with Gasteiger partial charge >= 0.3 is 5.97 Å². The van der Waals surface area contributed by atoms with Gasteiger partial charge in [0.2, 0.25) is 0 Å². The number of esters is 1. The molecule has 208 valence electrons. The second-order valence-electron chi connectivity index (χ2n) is 9.23. The molecule has 5 atom stereocenters. The molecule has 1 fully saturated rings. The van der Waals surface area contributed by atoms with Gasteiger partial charge in [-0.2, -0.15) is 0 Å². The zero-order chi connectivity index (χ0) is 27.9. The molecular formula is C30H33ClO7S. The number of ether oxygens (including phenoxy) is 3. The first kappa shape index (κ1) is 29.4. The number of hydrogen-bond donors (Lipinski definition) is 3. The van der Waals surface area contributed by atoms with E-state index < -0.39 is 30.5 Å². The van der Waals surface area contributed by atoms with Crippen molar-refractivity contribution in [2.75, 3.05) is 19.0 Å². The summed E-state index contributed by atoms with van der Waals surface area (Å²) in [6.45, 7) is 4.59. The molecule has 4 rings (SSSR count). The third-order valence-electron chi connectivity index (χ3n) is 6.52. The van der Waals surface area contributed by atoms with Crippen LogP contribution < -0.4 is 4.74 Å². The highest BCUT2D eigenvalue weighted by Gasteiger charge is 2.44. The molecule has 0 saturated carbocycles. The van der Waals surface area contributed by atoms with Crippen molar-refractivity contribution < 1.29 is 34.3 Å². The van der Waals surface area contributed by atoms with E-state index in [1.54, 1.807) is 43.3 Å². The van der Waals surface area contributed by atoms with E-state index in [9.17, 15) is 20.1 Å². The molecule has 0 aromatic heterocycles. The first-order valence-corrected chi connectivity index (χ1v) is 14.3. The molecule has 0 aliphatic carbocycles. The van der Waals surface area contributed by atoms with E-state index in [-0.39, 0.29) is 5.97 Å². The van der Waals surface area contributed by atoms with Crippen LogP contribution in [-0.4, -0.2) is 64.7 Å². The van der Waals surface area contributed by atoms with E-state index in [4.69, 9.17) is 25.8 Å². The van der Waals surface area contributed by atoms with Crippen LogP contribution in [0.2, 0.25) is 5.02 Å². The minimum absolute atomic E-state index is 0.304. The maximum Gasteiger partial charge on any atom is 0.338 e. The molecule has 7 nitrogen and oxygen atoms in total. The Labute approximate surface area is 237 Å². The van der Waals surface area contributed by atoms with E-state index in [0.29, 0.717) is 41.5 Å². The Bertz CT molecular complexity index is 1240. The van der Waals surface area contributed by atoms with Crippen molar-refractivity contribution in [1.82, 2.24) is 0 Å². The summed E-state index contributed by atoms with van der Waals surface area (Å²) in [6, 6.07) is 20.1. The lowest BCUT2D eigenvalue weighted by Gasteiger charge is -2.41. The number of benzene rings is 3. The summed E-state index contributed by atoms with van der Waals surface area (Å²) in [6.07, 6.45) is -4.99. The van der Waals surface area contributed by atoms with Gasteiger partial charge in [-0.3, -0.25) is 0 Å². The molecule has 1 saturated heterocycles. The second kappa shape index (κ2) is 13.7. The van der Waals surface area contributed by atoms with Crippen molar-refractivity contribution >= 4 is 29.3 Å². The minimum Gasteiger partial charge on any atom is -0.494 e. The van der Waals surface area contributed by atoms with Crippen LogP contribution in [0, 0.1) is 0 Å². The molecule has 0 bridgehead atoms. The molecular weight excluding hydrogens is 540 g/mol. The van der Waals surface area contributed by atoms with Crippen molar-refractivity contribution in [1.29, 1.82) is 0 Å². The van der Waals surface area contributed by atoms with Gasteiger partial charge in [0.1, 0.15) is 30.2 Å². The Morgan fingerprint density at radius 3 is 2.31 bits per heavy atom. The van der Waals surface area contributed by atoms with Crippen LogP contribution in [0.25, 0.3) is 0 Å². The molecule has 9 heteroatoms. The van der Waals surface area contributed by atoms with Gasteiger partial charge in [-0.15, -0.1) is 11.8 Å². The summed E-state index contributed by atoms with van der Waals surface area (Å²) < 4.78 is 16.7. The lowest BCUT2D eigenvalue weighted by molar-refractivity contribution is -0.218. The Morgan fingerprint density at radius 2 is 1.64 bits per heavy atom. The Morgan fingerprint density at radius 1 is 0.923 bits per heavy atom. The van der Waals surface area contributed by atoms with Gasteiger partial charge in [0.15, 0.2) is 0 Å². The molecule has 3 aromatic carbocycles. The minimum atomic E-state index is -1.38. The van der Waals surface area contributed by atoms with E-state index in [1.807, 2.05) is 37.3 Å². The summed E-state index contributed by atoms with van der Waals surface area (Å²) in [5.74, 6) is 0.739. The predicted octanol–water partition coefficient (Wildman–Crippen LogP) is 4.82. The fraction of sp³-hybridized carbons (Fsp3) is 0.367. The molecule has 0 unspecified atom stereocenters. The molecule has 1 heterocycles. The normalized spacial score (nSPS) is 22.9. The first-order chi connectivity index (χ1) is 18.8. The smallest absolute Gasteiger partial charge is 0.338 e. The molecule has 0 radical (unpaired) electrons. The number of aliphatic hydroxyl groups excluding tert-OH is 3. The predicted molar refractivity (Wildman–Crippen MR) is 151 cm³/mol. The lowest BCUT2D eigenvalue weighted by atomic mass is 9.90. The van der Waals surface area contributed by atoms with Gasteiger partial charge in [0.25, 0.3) is 0 Å². The van der Waals surface area contributed by atoms with Gasteiger partial charge in [-0.1, -0.05) is 35.9 Å². The average Bonchev–Trinajstić information content (AvgIpc) is 2.94. The Hall–Kier alpha value is -2.59. The Balaban J connectivity index is 1.46. The van der Waals surface area contributed by atoms with Crippen LogP contribution in [0.3, 0.4) is 0 Å². The van der Waals surface area contributed by atoms with Gasteiger partial charge in [-0.05, 0) is 79.4 Å². The average molecular weight is 573 g/mol. The zero-order valence-corrected chi connectivity index (χ0v) is 23.4. The number of hydrogen-bond acceptors (Lipinski definition) is 8. The van der Waals surface area contributed by atoms with Crippen molar-refractivity contribution in [3.63, 3.8) is 0 Å². The van der Waals surface area contributed by atoms with Crippen LogP contribution in [0.1, 0.15) is 47.0 Å². The van der Waals surface area contributed by atoms with Crippen LogP contribution in [0.15, 0.2) is 71.6 Å².